The lowest BCUT2D eigenvalue weighted by molar-refractivity contribution is -0.131. The van der Waals surface area contributed by atoms with Crippen molar-refractivity contribution >= 4 is 45.0 Å². The minimum Gasteiger partial charge on any atom is -0.465 e. The first-order chi connectivity index (χ1) is 26.3. The van der Waals surface area contributed by atoms with Gasteiger partial charge in [-0.05, 0) is 142 Å². The fourth-order valence-corrected chi connectivity index (χ4v) is 10.2. The number of esters is 2. The number of carbonyl (C=O) groups excluding carboxylic acids is 4. The van der Waals surface area contributed by atoms with E-state index < -0.39 is 23.8 Å². The number of fused-ring (bicyclic) bond motifs is 2. The summed E-state index contributed by atoms with van der Waals surface area (Å²) in [5.41, 5.74) is 9.69. The van der Waals surface area contributed by atoms with Crippen LogP contribution in [0.2, 0.25) is 0 Å². The molecule has 6 heteroatoms. The van der Waals surface area contributed by atoms with E-state index in [-0.39, 0.29) is 23.4 Å². The van der Waals surface area contributed by atoms with Crippen molar-refractivity contribution in [2.75, 3.05) is 14.2 Å². The van der Waals surface area contributed by atoms with Crippen molar-refractivity contribution in [3.8, 4) is 0 Å². The van der Waals surface area contributed by atoms with Crippen molar-refractivity contribution < 1.29 is 28.7 Å². The molecule has 0 saturated carbocycles. The van der Waals surface area contributed by atoms with Crippen LogP contribution in [0.3, 0.4) is 0 Å². The zero-order chi connectivity index (χ0) is 38.3. The van der Waals surface area contributed by atoms with Gasteiger partial charge >= 0.3 is 11.9 Å². The summed E-state index contributed by atoms with van der Waals surface area (Å²) >= 11 is 0. The van der Waals surface area contributed by atoms with Gasteiger partial charge in [0.1, 0.15) is 0 Å². The minimum absolute atomic E-state index is 0.0467. The van der Waals surface area contributed by atoms with E-state index in [9.17, 15) is 19.2 Å². The monoisotopic (exact) mass is 726 g/mol. The molecule has 4 aromatic carbocycles. The van der Waals surface area contributed by atoms with Gasteiger partial charge in [-0.15, -0.1) is 0 Å². The number of ketones is 2. The van der Waals surface area contributed by atoms with Gasteiger partial charge in [0.15, 0.2) is 11.6 Å². The lowest BCUT2D eigenvalue weighted by Crippen LogP contribution is -2.48. The number of hydrogen-bond donors (Lipinski definition) is 0. The molecule has 0 amide bonds. The van der Waals surface area contributed by atoms with E-state index >= 15 is 0 Å². The average Bonchev–Trinajstić information content (AvgIpc) is 3.20. The molecule has 0 radical (unpaired) electrons. The maximum atomic E-state index is 14.0. The van der Waals surface area contributed by atoms with E-state index in [0.717, 1.165) is 96.9 Å². The number of ether oxygens (including phenoxy) is 2. The van der Waals surface area contributed by atoms with Gasteiger partial charge in [-0.3, -0.25) is 9.59 Å². The standard InChI is InChI=1S/C48H54O6/c1-7-11-17-29-33-25-35-31(19-13-9-3)43(47(51)53-5)44(48(52)54-6)32(20-14-10-4)36(35)26-34(33)30(18-12-8-2)40-39(29)41-27-21-15-16-22-28(27)42(40)46-38(50)24-23-37(49)45(41)46/h15-16,21-26,41-42,45-46H,7-14,17-20H2,1-6H3/t41-,42+,45?,46?. The maximum absolute atomic E-state index is 14.0. The van der Waals surface area contributed by atoms with E-state index in [0.29, 0.717) is 24.0 Å². The molecule has 4 aromatic rings. The Bertz CT molecular complexity index is 2050. The summed E-state index contributed by atoms with van der Waals surface area (Å²) in [6.07, 6.45) is 13.5. The maximum Gasteiger partial charge on any atom is 0.339 e. The lowest BCUT2D eigenvalue weighted by Gasteiger charge is -2.51. The molecule has 4 aliphatic carbocycles. The van der Waals surface area contributed by atoms with Crippen molar-refractivity contribution in [2.24, 2.45) is 11.8 Å². The molecule has 282 valence electrons. The summed E-state index contributed by atoms with van der Waals surface area (Å²) < 4.78 is 10.9. The first kappa shape index (κ1) is 37.7. The smallest absolute Gasteiger partial charge is 0.339 e. The molecule has 0 spiro atoms. The molecule has 0 saturated heterocycles. The Morgan fingerprint density at radius 3 is 1.20 bits per heavy atom. The Kier molecular flexibility index (Phi) is 10.9. The molecule has 4 atom stereocenters. The van der Waals surface area contributed by atoms with Crippen LogP contribution in [0, 0.1) is 11.8 Å². The Hall–Kier alpha value is -4.58. The number of rotatable bonds is 14. The third kappa shape index (κ3) is 5.92. The summed E-state index contributed by atoms with van der Waals surface area (Å²) in [5, 5.41) is 4.29. The second kappa shape index (κ2) is 15.6. The number of carbonyl (C=O) groups is 4. The number of benzene rings is 4. The van der Waals surface area contributed by atoms with Crippen LogP contribution < -0.4 is 0 Å². The summed E-state index contributed by atoms with van der Waals surface area (Å²) in [4.78, 5) is 55.7. The van der Waals surface area contributed by atoms with Gasteiger partial charge in [0, 0.05) is 23.7 Å². The molecule has 0 heterocycles. The molecule has 2 unspecified atom stereocenters. The van der Waals surface area contributed by atoms with Crippen molar-refractivity contribution in [1.29, 1.82) is 0 Å². The van der Waals surface area contributed by atoms with Crippen molar-refractivity contribution in [3.63, 3.8) is 0 Å². The Morgan fingerprint density at radius 2 is 0.870 bits per heavy atom. The Balaban J connectivity index is 1.70. The fourth-order valence-electron chi connectivity index (χ4n) is 10.2. The molecule has 6 nitrogen and oxygen atoms in total. The molecule has 8 rings (SSSR count). The largest absolute Gasteiger partial charge is 0.465 e. The third-order valence-corrected chi connectivity index (χ3v) is 12.6. The summed E-state index contributed by atoms with van der Waals surface area (Å²) in [6, 6.07) is 13.1. The lowest BCUT2D eigenvalue weighted by atomic mass is 9.49. The van der Waals surface area contributed by atoms with Crippen molar-refractivity contribution in [2.45, 2.75) is 117 Å². The van der Waals surface area contributed by atoms with E-state index in [1.807, 2.05) is 0 Å². The van der Waals surface area contributed by atoms with Gasteiger partial charge in [-0.2, -0.15) is 0 Å². The van der Waals surface area contributed by atoms with Crippen LogP contribution in [-0.4, -0.2) is 37.7 Å². The first-order valence-electron chi connectivity index (χ1n) is 20.4. The number of hydrogen-bond acceptors (Lipinski definition) is 6. The van der Waals surface area contributed by atoms with Gasteiger partial charge < -0.3 is 9.47 Å². The Morgan fingerprint density at radius 1 is 0.537 bits per heavy atom. The van der Waals surface area contributed by atoms with E-state index in [1.165, 1.54) is 59.8 Å². The molecule has 0 aliphatic heterocycles. The van der Waals surface area contributed by atoms with Crippen LogP contribution in [-0.2, 0) is 44.7 Å². The van der Waals surface area contributed by atoms with Crippen LogP contribution in [0.15, 0.2) is 48.6 Å². The van der Waals surface area contributed by atoms with E-state index in [4.69, 9.17) is 9.47 Å². The molecule has 0 N–H and O–H groups in total. The first-order valence-corrected chi connectivity index (χ1v) is 20.4. The van der Waals surface area contributed by atoms with Gasteiger partial charge in [0.2, 0.25) is 0 Å². The Labute approximate surface area is 319 Å². The number of allylic oxidation sites excluding steroid dienone is 2. The van der Waals surface area contributed by atoms with E-state index in [1.54, 1.807) is 0 Å². The number of methoxy groups -OCH3 is 2. The highest BCUT2D eigenvalue weighted by molar-refractivity contribution is 6.15. The number of aryl methyl sites for hydroxylation is 4. The van der Waals surface area contributed by atoms with Crippen LogP contribution >= 0.6 is 0 Å². The quantitative estimate of drug-likeness (QED) is 0.0950. The second-order valence-electron chi connectivity index (χ2n) is 15.6. The number of unbranched alkanes of at least 4 members (excludes halogenated alkanes) is 4. The summed E-state index contributed by atoms with van der Waals surface area (Å²) in [5.74, 6) is -2.23. The predicted octanol–water partition coefficient (Wildman–Crippen LogP) is 10.5. The highest BCUT2D eigenvalue weighted by Gasteiger charge is 2.56. The van der Waals surface area contributed by atoms with Gasteiger partial charge in [-0.25, -0.2) is 9.59 Å². The average molecular weight is 727 g/mol. The predicted molar refractivity (Wildman–Crippen MR) is 215 cm³/mol. The topological polar surface area (TPSA) is 86.7 Å². The van der Waals surface area contributed by atoms with Gasteiger partial charge in [0.25, 0.3) is 0 Å². The molecule has 0 aromatic heterocycles. The molecular formula is C48H54O6. The summed E-state index contributed by atoms with van der Waals surface area (Å²) in [7, 11) is 2.76. The summed E-state index contributed by atoms with van der Waals surface area (Å²) in [6.45, 7) is 8.69. The SMILES string of the molecule is CCCCc1c(C(=O)OC)c(C(=O)OC)c(CCCC)c2cc3c(CCCC)c4c(c(CCCC)c3cc12)[C@H]1c2ccccc2[C@@H]4C2C(=O)C=CC(=O)C21. The highest BCUT2D eigenvalue weighted by Crippen LogP contribution is 2.62. The second-order valence-corrected chi connectivity index (χ2v) is 15.6. The molecule has 54 heavy (non-hydrogen) atoms. The zero-order valence-electron chi connectivity index (χ0n) is 32.9. The van der Waals surface area contributed by atoms with Crippen molar-refractivity contribution in [1.82, 2.24) is 0 Å². The zero-order valence-corrected chi connectivity index (χ0v) is 32.9. The van der Waals surface area contributed by atoms with Crippen LogP contribution in [0.1, 0.15) is 156 Å². The van der Waals surface area contributed by atoms with Crippen LogP contribution in [0.5, 0.6) is 0 Å². The van der Waals surface area contributed by atoms with Gasteiger partial charge in [-0.1, -0.05) is 77.6 Å². The minimum atomic E-state index is -0.518. The van der Waals surface area contributed by atoms with E-state index in [2.05, 4.69) is 64.1 Å². The normalized spacial score (nSPS) is 19.6. The van der Waals surface area contributed by atoms with Crippen molar-refractivity contribution in [3.05, 3.63) is 104 Å². The third-order valence-electron chi connectivity index (χ3n) is 12.6. The molecule has 2 bridgehead atoms. The molecule has 4 aliphatic rings. The fraction of sp³-hybridized carbons (Fsp3) is 0.458. The van der Waals surface area contributed by atoms with Gasteiger partial charge in [0.05, 0.1) is 25.3 Å². The van der Waals surface area contributed by atoms with Crippen LogP contribution in [0.25, 0.3) is 21.5 Å². The van der Waals surface area contributed by atoms with Crippen LogP contribution in [0.4, 0.5) is 0 Å². The molecular weight excluding hydrogens is 673 g/mol. The highest BCUT2D eigenvalue weighted by atomic mass is 16.5. The molecule has 0 fully saturated rings.